The van der Waals surface area contributed by atoms with Crippen molar-refractivity contribution in [2.24, 2.45) is 17.2 Å². The number of rotatable bonds is 12. The summed E-state index contributed by atoms with van der Waals surface area (Å²) in [7, 11) is 0. The lowest BCUT2D eigenvalue weighted by atomic mass is 9.86. The zero-order valence-electron chi connectivity index (χ0n) is 42.5. The monoisotopic (exact) mass is 1010 g/mol. The number of carbonyl (C=O) groups excluding carboxylic acids is 5. The Labute approximate surface area is 432 Å². The van der Waals surface area contributed by atoms with Gasteiger partial charge in [0.25, 0.3) is 29.5 Å². The van der Waals surface area contributed by atoms with E-state index in [0.29, 0.717) is 92.9 Å². The fraction of sp³-hybridized carbons (Fsp3) is 0.400. The molecule has 0 spiro atoms. The molecule has 19 nitrogen and oxygen atoms in total. The minimum absolute atomic E-state index is 0.0159. The number of nitrogens with two attached hydrogens (primary N) is 3. The number of nitrogens with one attached hydrogen (secondary N) is 3. The third-order valence-electron chi connectivity index (χ3n) is 13.6. The summed E-state index contributed by atoms with van der Waals surface area (Å²) in [6.07, 6.45) is 7.09. The van der Waals surface area contributed by atoms with Crippen molar-refractivity contribution in [2.45, 2.75) is 64.0 Å². The average Bonchev–Trinajstić information content (AvgIpc) is 3.41. The zero-order valence-corrected chi connectivity index (χ0v) is 42.5. The average molecular weight is 1010 g/mol. The first-order valence-electron chi connectivity index (χ1n) is 25.3. The van der Waals surface area contributed by atoms with Crippen molar-refractivity contribution >= 4 is 63.7 Å². The molecule has 0 unspecified atom stereocenters. The van der Waals surface area contributed by atoms with E-state index in [1.54, 1.807) is 58.6 Å². The molecule has 4 aliphatic rings. The second-order valence-corrected chi connectivity index (χ2v) is 20.1. The van der Waals surface area contributed by atoms with Crippen molar-refractivity contribution in [3.63, 3.8) is 0 Å². The Hall–Kier alpha value is -7.61. The molecule has 4 fully saturated rings. The Balaban J connectivity index is 0.000000208. The van der Waals surface area contributed by atoms with E-state index in [2.05, 4.69) is 56.5 Å². The number of anilines is 6. The largest absolute Gasteiger partial charge is 0.378 e. The van der Waals surface area contributed by atoms with Crippen LogP contribution in [0.4, 0.5) is 34.1 Å². The number of ether oxygens (including phenoxy) is 2. The van der Waals surface area contributed by atoms with Gasteiger partial charge in [0.2, 0.25) is 0 Å². The third-order valence-corrected chi connectivity index (χ3v) is 13.6. The fourth-order valence-electron chi connectivity index (χ4n) is 9.40. The summed E-state index contributed by atoms with van der Waals surface area (Å²) < 4.78 is 10.6. The molecule has 2 atom stereocenters. The van der Waals surface area contributed by atoms with Crippen molar-refractivity contribution in [1.82, 2.24) is 25.1 Å². The van der Waals surface area contributed by atoms with Crippen LogP contribution < -0.4 is 43.0 Å². The van der Waals surface area contributed by atoms with Gasteiger partial charge in [-0.3, -0.25) is 24.0 Å². The molecule has 0 saturated carbocycles. The molecule has 4 aliphatic heterocycles. The molecule has 74 heavy (non-hydrogen) atoms. The van der Waals surface area contributed by atoms with Crippen molar-refractivity contribution in [3.8, 4) is 0 Å². The van der Waals surface area contributed by atoms with Gasteiger partial charge in [-0.15, -0.1) is 0 Å². The van der Waals surface area contributed by atoms with E-state index < -0.39 is 11.8 Å². The highest BCUT2D eigenvalue weighted by molar-refractivity contribution is 6.00. The first-order valence-corrected chi connectivity index (χ1v) is 25.3. The van der Waals surface area contributed by atoms with Gasteiger partial charge in [-0.05, 0) is 109 Å². The van der Waals surface area contributed by atoms with Gasteiger partial charge < -0.3 is 62.2 Å². The molecule has 4 saturated heterocycles. The van der Waals surface area contributed by atoms with Gasteiger partial charge in [-0.25, -0.2) is 9.97 Å². The van der Waals surface area contributed by atoms with Crippen LogP contribution in [0.25, 0.3) is 0 Å². The Bertz CT molecular complexity index is 2770. The van der Waals surface area contributed by atoms with E-state index in [0.717, 1.165) is 62.4 Å². The number of pyridine rings is 2. The second kappa shape index (κ2) is 24.0. The van der Waals surface area contributed by atoms with E-state index in [1.165, 1.54) is 5.56 Å². The molecule has 5 amide bonds. The lowest BCUT2D eigenvalue weighted by Crippen LogP contribution is -2.47. The van der Waals surface area contributed by atoms with Crippen LogP contribution in [0.15, 0.2) is 97.3 Å². The summed E-state index contributed by atoms with van der Waals surface area (Å²) >= 11 is 0. The number of hydrogen-bond acceptors (Lipinski definition) is 14. The van der Waals surface area contributed by atoms with Crippen molar-refractivity contribution in [1.29, 1.82) is 0 Å². The Morgan fingerprint density at radius 1 is 0.581 bits per heavy atom. The first kappa shape index (κ1) is 52.7. The smallest absolute Gasteiger partial charge is 0.269 e. The molecule has 19 heteroatoms. The molecule has 5 aromatic rings. The highest BCUT2D eigenvalue weighted by Crippen LogP contribution is 2.30. The number of nitrogens with zero attached hydrogens (tertiary/aromatic N) is 6. The van der Waals surface area contributed by atoms with E-state index in [-0.39, 0.29) is 46.6 Å². The number of aromatic nitrogens is 2. The van der Waals surface area contributed by atoms with Crippen LogP contribution in [0.5, 0.6) is 0 Å². The van der Waals surface area contributed by atoms with Crippen LogP contribution in [0.2, 0.25) is 0 Å². The van der Waals surface area contributed by atoms with Crippen LogP contribution in [0, 0.1) is 0 Å². The van der Waals surface area contributed by atoms with Crippen LogP contribution in [0.1, 0.15) is 104 Å². The Kier molecular flexibility index (Phi) is 17.1. The quantitative estimate of drug-likeness (QED) is 0.0914. The predicted molar refractivity (Wildman–Crippen MR) is 286 cm³/mol. The summed E-state index contributed by atoms with van der Waals surface area (Å²) in [5.74, 6) is -1.40. The number of amides is 5. The minimum atomic E-state index is -0.644. The van der Waals surface area contributed by atoms with E-state index >= 15 is 0 Å². The third kappa shape index (κ3) is 13.5. The van der Waals surface area contributed by atoms with Crippen LogP contribution in [0.3, 0.4) is 0 Å². The number of primary amides is 2. The van der Waals surface area contributed by atoms with Gasteiger partial charge in [-0.1, -0.05) is 32.9 Å². The number of piperidine rings is 2. The lowest BCUT2D eigenvalue weighted by Gasteiger charge is -2.35. The SMILES string of the molecule is CC(C)(C)c1ccc(C(=O)N[C@@H]2CCCN(c3cnc(C(N)=O)c(Nc4ccc(C(=O)N5CCOCC5)cc4)c3)C2)cc1.NC(=O)c1ncc(N2CCC[C@@H](N)C2)cc1Nc1ccc(C(=O)N2CCOCC2)cc1. The van der Waals surface area contributed by atoms with Crippen LogP contribution >= 0.6 is 0 Å². The van der Waals surface area contributed by atoms with Crippen LogP contribution in [-0.4, -0.2) is 140 Å². The number of hydrogen-bond donors (Lipinski definition) is 6. The number of carbonyl (C=O) groups is 5. The molecular weight excluding hydrogens is 941 g/mol. The van der Waals surface area contributed by atoms with Gasteiger partial charge in [0.1, 0.15) is 0 Å². The maximum absolute atomic E-state index is 13.0. The summed E-state index contributed by atoms with van der Waals surface area (Å²) in [5, 5.41) is 9.66. The van der Waals surface area contributed by atoms with E-state index in [4.69, 9.17) is 26.7 Å². The molecule has 9 rings (SSSR count). The van der Waals surface area contributed by atoms with Gasteiger partial charge in [0.15, 0.2) is 11.4 Å². The fourth-order valence-corrected chi connectivity index (χ4v) is 9.40. The molecule has 0 radical (unpaired) electrons. The summed E-state index contributed by atoms with van der Waals surface area (Å²) in [5.41, 5.74) is 24.7. The first-order chi connectivity index (χ1) is 35.6. The molecule has 3 aromatic carbocycles. The minimum Gasteiger partial charge on any atom is -0.378 e. The van der Waals surface area contributed by atoms with Gasteiger partial charge >= 0.3 is 0 Å². The van der Waals surface area contributed by atoms with E-state index in [1.807, 2.05) is 48.5 Å². The topological polar surface area (TPSA) is 257 Å². The summed E-state index contributed by atoms with van der Waals surface area (Å²) in [6.45, 7) is 14.0. The molecular formula is C55H68N12O7. The molecule has 6 heterocycles. The van der Waals surface area contributed by atoms with Crippen molar-refractivity contribution in [2.75, 3.05) is 99.2 Å². The maximum Gasteiger partial charge on any atom is 0.269 e. The number of benzene rings is 3. The lowest BCUT2D eigenvalue weighted by molar-refractivity contribution is 0.0301. The van der Waals surface area contributed by atoms with Crippen molar-refractivity contribution in [3.05, 3.63) is 131 Å². The molecule has 0 aliphatic carbocycles. The van der Waals surface area contributed by atoms with Gasteiger partial charge in [0.05, 0.1) is 61.6 Å². The molecule has 9 N–H and O–H groups in total. The van der Waals surface area contributed by atoms with Gasteiger partial charge in [-0.2, -0.15) is 0 Å². The normalized spacial score (nSPS) is 18.1. The van der Waals surface area contributed by atoms with Gasteiger partial charge in [0, 0.05) is 92.5 Å². The van der Waals surface area contributed by atoms with E-state index in [9.17, 15) is 24.0 Å². The maximum atomic E-state index is 13.0. The predicted octanol–water partition coefficient (Wildman–Crippen LogP) is 5.42. The summed E-state index contributed by atoms with van der Waals surface area (Å²) in [6, 6.07) is 25.9. The second-order valence-electron chi connectivity index (χ2n) is 20.1. The van der Waals surface area contributed by atoms with Crippen molar-refractivity contribution < 1.29 is 33.4 Å². The molecule has 2 aromatic heterocycles. The Morgan fingerprint density at radius 3 is 1.45 bits per heavy atom. The highest BCUT2D eigenvalue weighted by Gasteiger charge is 2.26. The molecule has 0 bridgehead atoms. The Morgan fingerprint density at radius 2 is 1.01 bits per heavy atom. The summed E-state index contributed by atoms with van der Waals surface area (Å²) in [4.78, 5) is 79.1. The number of morpholine rings is 2. The standard InChI is InChI=1S/C33H40N6O4.C22H28N6O3/c1-33(2,3)24-10-6-22(7-11-24)31(41)37-26-5-4-14-39(21-26)27-19-28(29(30(34)40)35-20-27)36-25-12-8-23(9-13-25)32(42)38-15-17-43-18-16-38;23-16-2-1-7-28(14-16)18-12-19(20(21(24)29)25-13-18)26-17-5-3-15(4-6-17)22(30)27-8-10-31-11-9-27/h6-13,19-20,26,36H,4-5,14-18,21H2,1-3H3,(H2,34,40)(H,37,41);3-6,12-13,16,26H,1-2,7-11,14,23H2,(H2,24,29)/t26-;16-/m11/s1. The highest BCUT2D eigenvalue weighted by atomic mass is 16.5. The molecule has 390 valence electrons. The van der Waals surface area contributed by atoms with Crippen LogP contribution in [-0.2, 0) is 14.9 Å². The zero-order chi connectivity index (χ0) is 52.4.